The molecule has 0 unspecified atom stereocenters. The number of aryl methyl sites for hydroxylation is 4. The summed E-state index contributed by atoms with van der Waals surface area (Å²) >= 11 is 0. The first-order chi connectivity index (χ1) is 17.1. The van der Waals surface area contributed by atoms with Gasteiger partial charge in [0.2, 0.25) is 0 Å². The van der Waals surface area contributed by atoms with Gasteiger partial charge in [0.1, 0.15) is 5.75 Å². The van der Waals surface area contributed by atoms with Gasteiger partial charge in [0.25, 0.3) is 5.91 Å². The van der Waals surface area contributed by atoms with Gasteiger partial charge in [0.15, 0.2) is 0 Å². The Morgan fingerprint density at radius 3 is 2.25 bits per heavy atom. The number of amides is 1. The van der Waals surface area contributed by atoms with Crippen LogP contribution in [-0.2, 0) is 14.3 Å². The summed E-state index contributed by atoms with van der Waals surface area (Å²) in [5.74, 6) is -0.0351. The van der Waals surface area contributed by atoms with Gasteiger partial charge >= 0.3 is 5.97 Å². The lowest BCUT2D eigenvalue weighted by Gasteiger charge is -2.19. The monoisotopic (exact) mass is 484 g/mol. The van der Waals surface area contributed by atoms with Gasteiger partial charge in [0, 0.05) is 22.8 Å². The van der Waals surface area contributed by atoms with Crippen molar-refractivity contribution in [2.24, 2.45) is 0 Å². The molecule has 0 bridgehead atoms. The van der Waals surface area contributed by atoms with Crippen LogP contribution in [0.15, 0.2) is 59.3 Å². The Bertz CT molecular complexity index is 1460. The van der Waals surface area contributed by atoms with Crippen molar-refractivity contribution in [3.05, 3.63) is 92.9 Å². The zero-order valence-electron chi connectivity index (χ0n) is 22.1. The Hall–Kier alpha value is -4.06. The van der Waals surface area contributed by atoms with Crippen molar-refractivity contribution in [3.8, 4) is 11.4 Å². The Balaban J connectivity index is 1.88. The number of hydrogen-bond acceptors (Lipinski definition) is 4. The highest BCUT2D eigenvalue weighted by molar-refractivity contribution is 6.23. The Morgan fingerprint density at radius 2 is 1.61 bits per heavy atom. The molecule has 0 saturated heterocycles. The van der Waals surface area contributed by atoms with Crippen LogP contribution in [0.5, 0.6) is 5.75 Å². The Morgan fingerprint density at radius 1 is 0.889 bits per heavy atom. The van der Waals surface area contributed by atoms with Crippen LogP contribution in [-0.4, -0.2) is 30.7 Å². The lowest BCUT2D eigenvalue weighted by atomic mass is 10.0. The topological polar surface area (TPSA) is 60.8 Å². The minimum absolute atomic E-state index is 0.255. The molecule has 0 radical (unpaired) electrons. The van der Waals surface area contributed by atoms with E-state index in [2.05, 4.69) is 10.6 Å². The molecule has 186 valence electrons. The molecule has 0 fully saturated rings. The molecule has 0 aliphatic carbocycles. The molecule has 0 N–H and O–H groups in total. The maximum absolute atomic E-state index is 13.7. The van der Waals surface area contributed by atoms with Gasteiger partial charge in [-0.05, 0) is 100 Å². The van der Waals surface area contributed by atoms with Gasteiger partial charge in [0.05, 0.1) is 31.1 Å². The zero-order valence-corrected chi connectivity index (χ0v) is 22.1. The second-order valence-electron chi connectivity index (χ2n) is 9.26. The van der Waals surface area contributed by atoms with E-state index in [9.17, 15) is 9.59 Å². The van der Waals surface area contributed by atoms with E-state index >= 15 is 0 Å². The Kier molecular flexibility index (Phi) is 6.63. The molecule has 1 aliphatic rings. The summed E-state index contributed by atoms with van der Waals surface area (Å²) in [7, 11) is 2.99. The normalized spacial score (nSPS) is 14.7. The van der Waals surface area contributed by atoms with Crippen molar-refractivity contribution in [1.82, 2.24) is 4.57 Å². The second kappa shape index (κ2) is 9.53. The lowest BCUT2D eigenvalue weighted by molar-refractivity contribution is -0.136. The third kappa shape index (κ3) is 4.13. The maximum atomic E-state index is 13.7. The van der Waals surface area contributed by atoms with Crippen LogP contribution in [0.25, 0.3) is 11.8 Å². The molecule has 1 amide bonds. The van der Waals surface area contributed by atoms with E-state index in [1.165, 1.54) is 7.11 Å². The number of anilines is 1. The average Bonchev–Trinajstić information content (AvgIpc) is 3.26. The maximum Gasteiger partial charge on any atom is 0.340 e. The number of aromatic nitrogens is 1. The summed E-state index contributed by atoms with van der Waals surface area (Å²) in [5.41, 5.74) is 8.87. The molecule has 1 aliphatic heterocycles. The smallest absolute Gasteiger partial charge is 0.340 e. The van der Waals surface area contributed by atoms with Crippen molar-refractivity contribution in [2.45, 2.75) is 41.5 Å². The molecular weight excluding hydrogens is 452 g/mol. The molecule has 0 spiro atoms. The number of carbonyl (C=O) groups excluding carboxylic acids is 2. The van der Waals surface area contributed by atoms with Gasteiger partial charge < -0.3 is 14.0 Å². The number of ether oxygens (including phenoxy) is 2. The van der Waals surface area contributed by atoms with Crippen LogP contribution < -0.4 is 9.64 Å². The highest BCUT2D eigenvalue weighted by atomic mass is 16.5. The van der Waals surface area contributed by atoms with Gasteiger partial charge in [-0.2, -0.15) is 0 Å². The predicted octanol–water partition coefficient (Wildman–Crippen LogP) is 5.91. The molecule has 3 aromatic rings. The van der Waals surface area contributed by atoms with E-state index in [1.807, 2.05) is 71.0 Å². The largest absolute Gasteiger partial charge is 0.495 e. The fraction of sp³-hybridized carbons (Fsp3) is 0.267. The first kappa shape index (κ1) is 25.0. The summed E-state index contributed by atoms with van der Waals surface area (Å²) in [6, 6.07) is 13.9. The van der Waals surface area contributed by atoms with E-state index in [4.69, 9.17) is 9.47 Å². The minimum atomic E-state index is -0.535. The third-order valence-corrected chi connectivity index (χ3v) is 6.88. The number of methoxy groups -OCH3 is 2. The first-order valence-electron chi connectivity index (χ1n) is 11.9. The van der Waals surface area contributed by atoms with E-state index in [0.717, 1.165) is 50.8 Å². The summed E-state index contributed by atoms with van der Waals surface area (Å²) in [6.07, 6.45) is 1.79. The van der Waals surface area contributed by atoms with Crippen LogP contribution in [0.3, 0.4) is 0 Å². The number of rotatable bonds is 5. The van der Waals surface area contributed by atoms with Gasteiger partial charge in [-0.3, -0.25) is 9.69 Å². The van der Waals surface area contributed by atoms with Crippen LogP contribution >= 0.6 is 0 Å². The number of nitrogens with zero attached hydrogens (tertiary/aromatic N) is 2. The van der Waals surface area contributed by atoms with E-state index in [1.54, 1.807) is 25.0 Å². The quantitative estimate of drug-likeness (QED) is 0.334. The van der Waals surface area contributed by atoms with Crippen molar-refractivity contribution < 1.29 is 19.1 Å². The third-order valence-electron chi connectivity index (χ3n) is 6.88. The fourth-order valence-electron chi connectivity index (χ4n) is 4.79. The molecule has 2 heterocycles. The molecule has 2 aromatic carbocycles. The summed E-state index contributed by atoms with van der Waals surface area (Å²) in [6.45, 7) is 11.9. The number of carbonyl (C=O) groups is 2. The van der Waals surface area contributed by atoms with Crippen molar-refractivity contribution in [2.75, 3.05) is 19.1 Å². The Labute approximate surface area is 212 Å². The molecule has 36 heavy (non-hydrogen) atoms. The molecule has 0 atom stereocenters. The number of benzene rings is 2. The first-order valence-corrected chi connectivity index (χ1v) is 11.9. The van der Waals surface area contributed by atoms with E-state index < -0.39 is 5.97 Å². The average molecular weight is 485 g/mol. The number of allylic oxidation sites excluding steroid dienone is 1. The number of hydrogen-bond donors (Lipinski definition) is 0. The van der Waals surface area contributed by atoms with E-state index in [-0.39, 0.29) is 11.5 Å². The van der Waals surface area contributed by atoms with Crippen molar-refractivity contribution in [1.29, 1.82) is 0 Å². The minimum Gasteiger partial charge on any atom is -0.495 e. The fourth-order valence-corrected chi connectivity index (χ4v) is 4.79. The lowest BCUT2D eigenvalue weighted by Crippen LogP contribution is -2.24. The van der Waals surface area contributed by atoms with Crippen molar-refractivity contribution >= 4 is 23.6 Å². The molecule has 6 heteroatoms. The van der Waals surface area contributed by atoms with Crippen LogP contribution in [0.2, 0.25) is 0 Å². The van der Waals surface area contributed by atoms with Gasteiger partial charge in [-0.1, -0.05) is 12.1 Å². The zero-order chi connectivity index (χ0) is 26.3. The summed E-state index contributed by atoms with van der Waals surface area (Å²) < 4.78 is 12.8. The summed E-state index contributed by atoms with van der Waals surface area (Å²) in [5, 5.41) is 0. The van der Waals surface area contributed by atoms with Crippen LogP contribution in [0.1, 0.15) is 40.6 Å². The van der Waals surface area contributed by atoms with Crippen molar-refractivity contribution in [3.63, 3.8) is 0 Å². The molecule has 4 rings (SSSR count). The molecule has 0 saturated carbocycles. The SMILES string of the molecule is COC(=O)C1=C(C)N(c2ccc(C)c(C)c2)C(=O)/C1=C\c1cc(C)n(-c2cc(C)ccc2OC)c1C. The molecular formula is C30H32N2O4. The van der Waals surface area contributed by atoms with Gasteiger partial charge in [-0.25, -0.2) is 4.79 Å². The van der Waals surface area contributed by atoms with Crippen LogP contribution in [0.4, 0.5) is 5.69 Å². The van der Waals surface area contributed by atoms with E-state index in [0.29, 0.717) is 11.3 Å². The second-order valence-corrected chi connectivity index (χ2v) is 9.26. The molecule has 6 nitrogen and oxygen atoms in total. The predicted molar refractivity (Wildman–Crippen MR) is 143 cm³/mol. The summed E-state index contributed by atoms with van der Waals surface area (Å²) in [4.78, 5) is 28.2. The molecule has 1 aromatic heterocycles. The van der Waals surface area contributed by atoms with Crippen LogP contribution in [0, 0.1) is 34.6 Å². The standard InChI is InChI=1S/C30H32N2O4/c1-17-9-12-27(35-7)26(13-17)31-20(4)15-23(21(31)5)16-25-28(30(34)36-8)22(6)32(29(25)33)24-11-10-18(2)19(3)14-24/h9-16H,1-8H3/b25-16-. The highest BCUT2D eigenvalue weighted by Crippen LogP contribution is 2.37. The van der Waals surface area contributed by atoms with Gasteiger partial charge in [-0.15, -0.1) is 0 Å². The number of esters is 1. The highest BCUT2D eigenvalue weighted by Gasteiger charge is 2.38.